The first kappa shape index (κ1) is 9.93. The molecule has 1 aliphatic carbocycles. The maximum Gasteiger partial charge on any atom is 0.144 e. The number of benzene rings is 1. The van der Waals surface area contributed by atoms with E-state index in [1.807, 2.05) is 0 Å². The third-order valence-electron chi connectivity index (χ3n) is 2.58. The van der Waals surface area contributed by atoms with Gasteiger partial charge in [0.15, 0.2) is 0 Å². The highest BCUT2D eigenvalue weighted by Crippen LogP contribution is 2.45. The first-order valence-electron chi connectivity index (χ1n) is 4.40. The Morgan fingerprint density at radius 1 is 1.36 bits per heavy atom. The summed E-state index contributed by atoms with van der Waals surface area (Å²) in [5.74, 6) is -1.000. The van der Waals surface area contributed by atoms with Crippen molar-refractivity contribution in [2.45, 2.75) is 23.3 Å². The summed E-state index contributed by atoms with van der Waals surface area (Å²) in [7, 11) is 0. The lowest BCUT2D eigenvalue weighted by Gasteiger charge is -2.12. The molecular formula is C10H11F2NS. The summed E-state index contributed by atoms with van der Waals surface area (Å²) in [4.78, 5) is 0.0687. The van der Waals surface area contributed by atoms with Crippen molar-refractivity contribution in [3.63, 3.8) is 0 Å². The summed E-state index contributed by atoms with van der Waals surface area (Å²) < 4.78 is 26.9. The van der Waals surface area contributed by atoms with E-state index in [2.05, 4.69) is 0 Å². The summed E-state index contributed by atoms with van der Waals surface area (Å²) in [6.45, 7) is 0. The Bertz CT molecular complexity index is 375. The van der Waals surface area contributed by atoms with Crippen LogP contribution in [-0.2, 0) is 5.54 Å². The SMILES string of the molecule is CSc1c(F)ccc(C2(N)CC2)c1F. The molecule has 0 amide bonds. The van der Waals surface area contributed by atoms with Gasteiger partial charge in [-0.1, -0.05) is 6.07 Å². The van der Waals surface area contributed by atoms with Gasteiger partial charge in [-0.25, -0.2) is 8.78 Å². The third kappa shape index (κ3) is 1.42. The number of hydrogen-bond acceptors (Lipinski definition) is 2. The number of thioether (sulfide) groups is 1. The van der Waals surface area contributed by atoms with Crippen molar-refractivity contribution < 1.29 is 8.78 Å². The van der Waals surface area contributed by atoms with Crippen LogP contribution >= 0.6 is 11.8 Å². The van der Waals surface area contributed by atoms with E-state index in [0.717, 1.165) is 24.6 Å². The highest BCUT2D eigenvalue weighted by atomic mass is 32.2. The van der Waals surface area contributed by atoms with Crippen molar-refractivity contribution in [1.82, 2.24) is 0 Å². The number of hydrogen-bond donors (Lipinski definition) is 1. The second kappa shape index (κ2) is 3.21. The summed E-state index contributed by atoms with van der Waals surface area (Å²) >= 11 is 1.07. The Hall–Kier alpha value is -0.610. The minimum Gasteiger partial charge on any atom is -0.321 e. The van der Waals surface area contributed by atoms with Gasteiger partial charge in [0, 0.05) is 11.1 Å². The second-order valence-electron chi connectivity index (χ2n) is 3.60. The van der Waals surface area contributed by atoms with Crippen LogP contribution in [-0.4, -0.2) is 6.26 Å². The van der Waals surface area contributed by atoms with E-state index in [1.165, 1.54) is 12.1 Å². The van der Waals surface area contributed by atoms with Gasteiger partial charge in [0.2, 0.25) is 0 Å². The molecule has 4 heteroatoms. The van der Waals surface area contributed by atoms with E-state index < -0.39 is 17.2 Å². The van der Waals surface area contributed by atoms with Gasteiger partial charge in [0.05, 0.1) is 4.90 Å². The summed E-state index contributed by atoms with van der Waals surface area (Å²) in [5, 5.41) is 0. The molecule has 2 rings (SSSR count). The van der Waals surface area contributed by atoms with E-state index in [4.69, 9.17) is 5.73 Å². The lowest BCUT2D eigenvalue weighted by atomic mass is 10.1. The standard InChI is InChI=1S/C10H11F2NS/c1-14-9-7(11)3-2-6(8(9)12)10(13)4-5-10/h2-3H,4-5,13H2,1H3. The van der Waals surface area contributed by atoms with Gasteiger partial charge in [-0.2, -0.15) is 0 Å². The van der Waals surface area contributed by atoms with Gasteiger partial charge in [-0.3, -0.25) is 0 Å². The van der Waals surface area contributed by atoms with E-state index in [9.17, 15) is 8.78 Å². The van der Waals surface area contributed by atoms with E-state index in [1.54, 1.807) is 6.26 Å². The fourth-order valence-corrected chi connectivity index (χ4v) is 2.06. The molecule has 2 N–H and O–H groups in total. The maximum absolute atomic E-state index is 13.7. The summed E-state index contributed by atoms with van der Waals surface area (Å²) in [5.41, 5.74) is 5.78. The zero-order valence-corrected chi connectivity index (χ0v) is 8.63. The third-order valence-corrected chi connectivity index (χ3v) is 3.36. The molecule has 1 saturated carbocycles. The molecule has 0 bridgehead atoms. The molecule has 1 nitrogen and oxygen atoms in total. The topological polar surface area (TPSA) is 26.0 Å². The van der Waals surface area contributed by atoms with Gasteiger partial charge in [0.25, 0.3) is 0 Å². The van der Waals surface area contributed by atoms with Crippen molar-refractivity contribution in [3.8, 4) is 0 Å². The Morgan fingerprint density at radius 3 is 2.50 bits per heavy atom. The number of rotatable bonds is 2. The fourth-order valence-electron chi connectivity index (χ4n) is 1.51. The lowest BCUT2D eigenvalue weighted by molar-refractivity contribution is 0.515. The van der Waals surface area contributed by atoms with Gasteiger partial charge >= 0.3 is 0 Å². The molecule has 0 heterocycles. The van der Waals surface area contributed by atoms with Crippen LogP contribution in [0.1, 0.15) is 18.4 Å². The smallest absolute Gasteiger partial charge is 0.144 e. The van der Waals surface area contributed by atoms with Gasteiger partial charge in [-0.15, -0.1) is 11.8 Å². The Labute approximate surface area is 85.7 Å². The number of nitrogens with two attached hydrogens (primary N) is 1. The van der Waals surface area contributed by atoms with E-state index in [0.29, 0.717) is 5.56 Å². The van der Waals surface area contributed by atoms with Crippen molar-refractivity contribution >= 4 is 11.8 Å². The summed E-state index contributed by atoms with van der Waals surface area (Å²) in [6, 6.07) is 2.74. The maximum atomic E-state index is 13.7. The quantitative estimate of drug-likeness (QED) is 0.767. The predicted octanol–water partition coefficient (Wildman–Crippen LogP) is 2.63. The zero-order chi connectivity index (χ0) is 10.3. The minimum absolute atomic E-state index is 0.0687. The van der Waals surface area contributed by atoms with Crippen LogP contribution in [0, 0.1) is 11.6 Å². The molecule has 0 saturated heterocycles. The van der Waals surface area contributed by atoms with E-state index >= 15 is 0 Å². The summed E-state index contributed by atoms with van der Waals surface area (Å²) in [6.07, 6.45) is 3.22. The molecule has 1 fully saturated rings. The first-order valence-corrected chi connectivity index (χ1v) is 5.62. The Kier molecular flexibility index (Phi) is 2.27. The average Bonchev–Trinajstić information content (AvgIpc) is 2.85. The highest BCUT2D eigenvalue weighted by molar-refractivity contribution is 7.98. The van der Waals surface area contributed by atoms with E-state index in [-0.39, 0.29) is 4.90 Å². The molecule has 14 heavy (non-hydrogen) atoms. The lowest BCUT2D eigenvalue weighted by Crippen LogP contribution is -2.20. The zero-order valence-electron chi connectivity index (χ0n) is 7.81. The molecule has 0 atom stereocenters. The molecule has 0 spiro atoms. The van der Waals surface area contributed by atoms with Crippen molar-refractivity contribution in [1.29, 1.82) is 0 Å². The van der Waals surface area contributed by atoms with Crippen molar-refractivity contribution in [2.75, 3.05) is 6.26 Å². The molecule has 76 valence electrons. The molecule has 0 unspecified atom stereocenters. The molecule has 1 aromatic rings. The first-order chi connectivity index (χ1) is 6.58. The molecule has 1 aliphatic rings. The van der Waals surface area contributed by atoms with Crippen LogP contribution in [0.15, 0.2) is 17.0 Å². The fraction of sp³-hybridized carbons (Fsp3) is 0.400. The highest BCUT2D eigenvalue weighted by Gasteiger charge is 2.42. The van der Waals surface area contributed by atoms with Crippen LogP contribution in [0.3, 0.4) is 0 Å². The monoisotopic (exact) mass is 215 g/mol. The molecule has 1 aromatic carbocycles. The number of halogens is 2. The van der Waals surface area contributed by atoms with Gasteiger partial charge < -0.3 is 5.73 Å². The van der Waals surface area contributed by atoms with Crippen molar-refractivity contribution in [2.24, 2.45) is 5.73 Å². The van der Waals surface area contributed by atoms with Gasteiger partial charge in [-0.05, 0) is 25.2 Å². The Morgan fingerprint density at radius 2 is 2.00 bits per heavy atom. The van der Waals surface area contributed by atoms with Crippen LogP contribution in [0.2, 0.25) is 0 Å². The molecular weight excluding hydrogens is 204 g/mol. The van der Waals surface area contributed by atoms with Crippen molar-refractivity contribution in [3.05, 3.63) is 29.3 Å². The van der Waals surface area contributed by atoms with Crippen LogP contribution in [0.25, 0.3) is 0 Å². The van der Waals surface area contributed by atoms with Crippen LogP contribution in [0.5, 0.6) is 0 Å². The molecule has 0 aliphatic heterocycles. The van der Waals surface area contributed by atoms with Gasteiger partial charge in [0.1, 0.15) is 11.6 Å². The normalized spacial score (nSPS) is 18.3. The predicted molar refractivity (Wildman–Crippen MR) is 53.2 cm³/mol. The minimum atomic E-state index is -0.539. The Balaban J connectivity index is 2.53. The molecule has 0 aromatic heterocycles. The average molecular weight is 215 g/mol. The second-order valence-corrected chi connectivity index (χ2v) is 4.41. The molecule has 0 radical (unpaired) electrons. The van der Waals surface area contributed by atoms with Crippen LogP contribution < -0.4 is 5.73 Å². The van der Waals surface area contributed by atoms with Crippen LogP contribution in [0.4, 0.5) is 8.78 Å². The largest absolute Gasteiger partial charge is 0.321 e.